The number of thioether (sulfide) groups is 1. The molecule has 19 heavy (non-hydrogen) atoms. The van der Waals surface area contributed by atoms with E-state index < -0.39 is 0 Å². The van der Waals surface area contributed by atoms with E-state index in [1.54, 1.807) is 28.7 Å². The van der Waals surface area contributed by atoms with Crippen LogP contribution >= 0.6 is 23.4 Å². The predicted octanol–water partition coefficient (Wildman–Crippen LogP) is 2.95. The molecular weight excluding hydrogens is 282 g/mol. The van der Waals surface area contributed by atoms with Crippen LogP contribution < -0.4 is 5.32 Å². The molecular formula is C13H14ClN3OS. The minimum Gasteiger partial charge on any atom is -0.308 e. The van der Waals surface area contributed by atoms with E-state index in [0.29, 0.717) is 11.6 Å². The van der Waals surface area contributed by atoms with Crippen LogP contribution in [0.5, 0.6) is 0 Å². The van der Waals surface area contributed by atoms with E-state index in [-0.39, 0.29) is 5.91 Å². The van der Waals surface area contributed by atoms with E-state index in [1.165, 1.54) is 0 Å². The van der Waals surface area contributed by atoms with Crippen LogP contribution in [0, 0.1) is 0 Å². The fraction of sp³-hybridized carbons (Fsp3) is 0.231. The maximum Gasteiger partial charge on any atom is 0.235 e. The average Bonchev–Trinajstić information content (AvgIpc) is 2.75. The van der Waals surface area contributed by atoms with Crippen molar-refractivity contribution < 1.29 is 4.79 Å². The van der Waals surface area contributed by atoms with Crippen LogP contribution in [-0.2, 0) is 17.6 Å². The van der Waals surface area contributed by atoms with Crippen molar-refractivity contribution in [1.82, 2.24) is 9.78 Å². The zero-order valence-electron chi connectivity index (χ0n) is 10.5. The van der Waals surface area contributed by atoms with Crippen LogP contribution in [0.2, 0.25) is 5.02 Å². The summed E-state index contributed by atoms with van der Waals surface area (Å²) in [5, 5.41) is 7.55. The molecule has 0 atom stereocenters. The highest BCUT2D eigenvalue weighted by atomic mass is 35.5. The van der Waals surface area contributed by atoms with Crippen molar-refractivity contribution in [3.63, 3.8) is 0 Å². The van der Waals surface area contributed by atoms with Crippen molar-refractivity contribution in [2.75, 3.05) is 11.1 Å². The summed E-state index contributed by atoms with van der Waals surface area (Å²) in [6, 6.07) is 9.41. The predicted molar refractivity (Wildman–Crippen MR) is 79.5 cm³/mol. The number of amides is 1. The molecule has 2 rings (SSSR count). The molecule has 100 valence electrons. The SMILES string of the molecule is Cn1ccc(NC(=O)CSCc2cccc(Cl)c2)n1. The van der Waals surface area contributed by atoms with Crippen molar-refractivity contribution in [3.8, 4) is 0 Å². The van der Waals surface area contributed by atoms with Gasteiger partial charge in [-0.2, -0.15) is 5.10 Å². The largest absolute Gasteiger partial charge is 0.308 e. The minimum atomic E-state index is -0.0503. The third-order valence-corrected chi connectivity index (χ3v) is 3.61. The van der Waals surface area contributed by atoms with Gasteiger partial charge in [-0.25, -0.2) is 0 Å². The number of carbonyl (C=O) groups is 1. The summed E-state index contributed by atoms with van der Waals surface area (Å²) >= 11 is 7.44. The van der Waals surface area contributed by atoms with Gasteiger partial charge in [-0.1, -0.05) is 23.7 Å². The second-order valence-electron chi connectivity index (χ2n) is 4.05. The lowest BCUT2D eigenvalue weighted by atomic mass is 10.2. The third-order valence-electron chi connectivity index (χ3n) is 2.37. The number of rotatable bonds is 5. The van der Waals surface area contributed by atoms with E-state index in [1.807, 2.05) is 31.3 Å². The van der Waals surface area contributed by atoms with Crippen LogP contribution in [0.3, 0.4) is 0 Å². The summed E-state index contributed by atoms with van der Waals surface area (Å²) in [7, 11) is 1.81. The van der Waals surface area contributed by atoms with E-state index in [2.05, 4.69) is 10.4 Å². The maximum atomic E-state index is 11.7. The molecule has 1 aromatic heterocycles. The first-order chi connectivity index (χ1) is 9.13. The quantitative estimate of drug-likeness (QED) is 0.922. The molecule has 0 aliphatic rings. The number of aryl methyl sites for hydroxylation is 1. The van der Waals surface area contributed by atoms with Crippen molar-refractivity contribution in [2.45, 2.75) is 5.75 Å². The zero-order valence-corrected chi connectivity index (χ0v) is 12.0. The molecule has 1 heterocycles. The summed E-state index contributed by atoms with van der Waals surface area (Å²) < 4.78 is 1.65. The lowest BCUT2D eigenvalue weighted by Crippen LogP contribution is -2.14. The third kappa shape index (κ3) is 4.61. The van der Waals surface area contributed by atoms with Crippen LogP contribution in [0.4, 0.5) is 5.82 Å². The van der Waals surface area contributed by atoms with Gasteiger partial charge in [0.05, 0.1) is 5.75 Å². The summed E-state index contributed by atoms with van der Waals surface area (Å²) in [4.78, 5) is 11.7. The number of anilines is 1. The van der Waals surface area contributed by atoms with Crippen LogP contribution in [0.15, 0.2) is 36.5 Å². The molecule has 0 fully saturated rings. The van der Waals surface area contributed by atoms with E-state index in [9.17, 15) is 4.79 Å². The fourth-order valence-corrected chi connectivity index (χ4v) is 2.54. The Morgan fingerprint density at radius 3 is 3.00 bits per heavy atom. The van der Waals surface area contributed by atoms with Gasteiger partial charge in [-0.3, -0.25) is 9.48 Å². The second kappa shape index (κ2) is 6.63. The lowest BCUT2D eigenvalue weighted by Gasteiger charge is -2.03. The Bertz CT molecular complexity index is 571. The summed E-state index contributed by atoms with van der Waals surface area (Å²) in [6.45, 7) is 0. The van der Waals surface area contributed by atoms with Gasteiger partial charge in [-0.05, 0) is 17.7 Å². The number of nitrogens with zero attached hydrogens (tertiary/aromatic N) is 2. The molecule has 0 radical (unpaired) electrons. The highest BCUT2D eigenvalue weighted by molar-refractivity contribution is 7.99. The Hall–Kier alpha value is -1.46. The topological polar surface area (TPSA) is 46.9 Å². The molecule has 6 heteroatoms. The van der Waals surface area contributed by atoms with Crippen molar-refractivity contribution in [1.29, 1.82) is 0 Å². The highest BCUT2D eigenvalue weighted by Gasteiger charge is 2.04. The molecule has 2 aromatic rings. The molecule has 0 spiro atoms. The molecule has 1 aromatic carbocycles. The zero-order chi connectivity index (χ0) is 13.7. The van der Waals surface area contributed by atoms with Crippen LogP contribution in [0.1, 0.15) is 5.56 Å². The Morgan fingerprint density at radius 2 is 2.32 bits per heavy atom. The lowest BCUT2D eigenvalue weighted by molar-refractivity contribution is -0.113. The molecule has 1 N–H and O–H groups in total. The average molecular weight is 296 g/mol. The monoisotopic (exact) mass is 295 g/mol. The van der Waals surface area contributed by atoms with Crippen LogP contribution in [0.25, 0.3) is 0 Å². The first kappa shape index (κ1) is 14.0. The number of hydrogen-bond donors (Lipinski definition) is 1. The number of carbonyl (C=O) groups excluding carboxylic acids is 1. The molecule has 0 unspecified atom stereocenters. The van der Waals surface area contributed by atoms with Gasteiger partial charge in [0.15, 0.2) is 5.82 Å². The van der Waals surface area contributed by atoms with Gasteiger partial charge in [-0.15, -0.1) is 11.8 Å². The molecule has 0 bridgehead atoms. The van der Waals surface area contributed by atoms with Crippen molar-refractivity contribution >= 4 is 35.1 Å². The Kier molecular flexibility index (Phi) is 4.87. The summed E-state index contributed by atoms with van der Waals surface area (Å²) in [5.74, 6) is 1.68. The smallest absolute Gasteiger partial charge is 0.235 e. The van der Waals surface area contributed by atoms with Crippen molar-refractivity contribution in [2.24, 2.45) is 7.05 Å². The molecule has 4 nitrogen and oxygen atoms in total. The second-order valence-corrected chi connectivity index (χ2v) is 5.47. The maximum absolute atomic E-state index is 11.7. The Balaban J connectivity index is 1.75. The number of benzene rings is 1. The molecule has 0 saturated heterocycles. The molecule has 0 aliphatic carbocycles. The molecule has 1 amide bonds. The Morgan fingerprint density at radius 1 is 1.47 bits per heavy atom. The number of halogens is 1. The minimum absolute atomic E-state index is 0.0503. The van der Waals surface area contributed by atoms with E-state index in [0.717, 1.165) is 16.3 Å². The number of hydrogen-bond acceptors (Lipinski definition) is 3. The molecule has 0 saturated carbocycles. The van der Waals surface area contributed by atoms with Gasteiger partial charge in [0.25, 0.3) is 0 Å². The van der Waals surface area contributed by atoms with Gasteiger partial charge in [0.2, 0.25) is 5.91 Å². The van der Waals surface area contributed by atoms with Crippen LogP contribution in [-0.4, -0.2) is 21.4 Å². The first-order valence-corrected chi connectivity index (χ1v) is 7.28. The van der Waals surface area contributed by atoms with E-state index >= 15 is 0 Å². The standard InChI is InChI=1S/C13H14ClN3OS/c1-17-6-5-12(16-17)15-13(18)9-19-8-10-3-2-4-11(14)7-10/h2-7H,8-9H2,1H3,(H,15,16,18). The number of nitrogens with one attached hydrogen (secondary N) is 1. The Labute approximate surface area is 121 Å². The van der Waals surface area contributed by atoms with E-state index in [4.69, 9.17) is 11.6 Å². The number of aromatic nitrogens is 2. The van der Waals surface area contributed by atoms with Crippen molar-refractivity contribution in [3.05, 3.63) is 47.1 Å². The summed E-state index contributed by atoms with van der Waals surface area (Å²) in [6.07, 6.45) is 1.79. The molecule has 0 aliphatic heterocycles. The van der Waals surface area contributed by atoms with Gasteiger partial charge >= 0.3 is 0 Å². The van der Waals surface area contributed by atoms with Gasteiger partial charge in [0, 0.05) is 30.1 Å². The summed E-state index contributed by atoms with van der Waals surface area (Å²) in [5.41, 5.74) is 1.11. The first-order valence-electron chi connectivity index (χ1n) is 5.75. The highest BCUT2D eigenvalue weighted by Crippen LogP contribution is 2.16. The fourth-order valence-electron chi connectivity index (χ4n) is 1.55. The normalized spacial score (nSPS) is 10.4. The van der Waals surface area contributed by atoms with Gasteiger partial charge < -0.3 is 5.32 Å². The van der Waals surface area contributed by atoms with Gasteiger partial charge in [0.1, 0.15) is 0 Å².